The quantitative estimate of drug-likeness (QED) is 0.719. The van der Waals surface area contributed by atoms with Crippen LogP contribution in [0.3, 0.4) is 0 Å². The van der Waals surface area contributed by atoms with Crippen LogP contribution in [-0.4, -0.2) is 92.1 Å². The molecule has 1 aromatic carbocycles. The topological polar surface area (TPSA) is 46.9 Å². The first-order chi connectivity index (χ1) is 15.7. The van der Waals surface area contributed by atoms with Gasteiger partial charge in [0.1, 0.15) is 5.84 Å². The number of anilines is 1. The van der Waals surface area contributed by atoms with E-state index in [1.165, 1.54) is 36.3 Å². The SMILES string of the molecule is CC1=CC=C([C@@H]2CCCN2C)CN1C1=Nc2cc(N3CCOCC3)ccc2C2=NCCN21. The molecule has 5 aliphatic heterocycles. The van der Waals surface area contributed by atoms with Gasteiger partial charge in [-0.3, -0.25) is 14.8 Å². The number of fused-ring (bicyclic) bond motifs is 3. The largest absolute Gasteiger partial charge is 0.378 e. The van der Waals surface area contributed by atoms with Crippen LogP contribution in [0.5, 0.6) is 0 Å². The van der Waals surface area contributed by atoms with E-state index in [9.17, 15) is 0 Å². The molecule has 0 N–H and O–H groups in total. The number of likely N-dealkylation sites (N-methyl/N-ethyl adjacent to an activating group) is 1. The molecule has 168 valence electrons. The molecule has 1 atom stereocenters. The van der Waals surface area contributed by atoms with Gasteiger partial charge < -0.3 is 14.5 Å². The van der Waals surface area contributed by atoms with Gasteiger partial charge in [-0.15, -0.1) is 0 Å². The predicted octanol–water partition coefficient (Wildman–Crippen LogP) is 2.83. The fraction of sp³-hybridized carbons (Fsp3) is 0.520. The van der Waals surface area contributed by atoms with Crippen molar-refractivity contribution in [2.45, 2.75) is 25.8 Å². The van der Waals surface area contributed by atoms with Gasteiger partial charge in [-0.2, -0.15) is 0 Å². The number of amidine groups is 1. The summed E-state index contributed by atoms with van der Waals surface area (Å²) in [6.07, 6.45) is 7.13. The first-order valence-electron chi connectivity index (χ1n) is 11.9. The standard InChI is InChI=1S/C25H32N6O/c1-18-5-6-19(23-4-3-10-28(23)2)17-31(18)25-27-22-16-20(29-12-14-32-15-13-29)7-8-21(22)24-26-9-11-30(24)25/h5-8,16,23H,3-4,9-15,17H2,1-2H3/t23-/m0/s1. The predicted molar refractivity (Wildman–Crippen MR) is 129 cm³/mol. The molecule has 0 unspecified atom stereocenters. The maximum Gasteiger partial charge on any atom is 0.212 e. The van der Waals surface area contributed by atoms with Gasteiger partial charge >= 0.3 is 0 Å². The van der Waals surface area contributed by atoms with Crippen LogP contribution in [0.2, 0.25) is 0 Å². The summed E-state index contributed by atoms with van der Waals surface area (Å²) in [6, 6.07) is 7.20. The van der Waals surface area contributed by atoms with Gasteiger partial charge in [0, 0.05) is 49.2 Å². The molecule has 7 heteroatoms. The Labute approximate surface area is 190 Å². The minimum Gasteiger partial charge on any atom is -0.378 e. The van der Waals surface area contributed by atoms with Gasteiger partial charge in [0.2, 0.25) is 5.96 Å². The molecule has 2 fully saturated rings. The van der Waals surface area contributed by atoms with Crippen molar-refractivity contribution in [1.82, 2.24) is 14.7 Å². The van der Waals surface area contributed by atoms with Crippen LogP contribution in [0.25, 0.3) is 0 Å². The van der Waals surface area contributed by atoms with Crippen molar-refractivity contribution in [2.75, 3.05) is 64.4 Å². The van der Waals surface area contributed by atoms with Crippen molar-refractivity contribution in [1.29, 1.82) is 0 Å². The van der Waals surface area contributed by atoms with Crippen molar-refractivity contribution in [3.05, 3.63) is 47.2 Å². The fourth-order valence-electron chi connectivity index (χ4n) is 5.57. The third kappa shape index (κ3) is 3.35. The Kier molecular flexibility index (Phi) is 5.03. The van der Waals surface area contributed by atoms with Gasteiger partial charge in [-0.05, 0) is 63.2 Å². The molecule has 6 rings (SSSR count). The highest BCUT2D eigenvalue weighted by atomic mass is 16.5. The Balaban J connectivity index is 1.35. The van der Waals surface area contributed by atoms with Gasteiger partial charge in [0.05, 0.1) is 25.4 Å². The van der Waals surface area contributed by atoms with Gasteiger partial charge in [-0.25, -0.2) is 4.99 Å². The van der Waals surface area contributed by atoms with Crippen LogP contribution < -0.4 is 4.90 Å². The average Bonchev–Trinajstić information content (AvgIpc) is 3.49. The second-order valence-corrected chi connectivity index (χ2v) is 9.34. The molecule has 5 heterocycles. The summed E-state index contributed by atoms with van der Waals surface area (Å²) in [5, 5.41) is 0. The fourth-order valence-corrected chi connectivity index (χ4v) is 5.57. The van der Waals surface area contributed by atoms with Crippen LogP contribution in [0.1, 0.15) is 25.3 Å². The zero-order valence-corrected chi connectivity index (χ0v) is 19.1. The van der Waals surface area contributed by atoms with Gasteiger partial charge in [0.25, 0.3) is 0 Å². The number of rotatable bonds is 2. The van der Waals surface area contributed by atoms with E-state index in [1.54, 1.807) is 0 Å². The number of hydrogen-bond donors (Lipinski definition) is 0. The molecule has 0 saturated carbocycles. The number of ether oxygens (including phenoxy) is 1. The summed E-state index contributed by atoms with van der Waals surface area (Å²) in [6.45, 7) is 9.43. The van der Waals surface area contributed by atoms with E-state index in [0.717, 1.165) is 69.0 Å². The minimum absolute atomic E-state index is 0.540. The van der Waals surface area contributed by atoms with Crippen LogP contribution >= 0.6 is 0 Å². The molecule has 32 heavy (non-hydrogen) atoms. The molecule has 0 amide bonds. The summed E-state index contributed by atoms with van der Waals surface area (Å²) >= 11 is 0. The van der Waals surface area contributed by atoms with E-state index < -0.39 is 0 Å². The van der Waals surface area contributed by atoms with E-state index in [-0.39, 0.29) is 0 Å². The lowest BCUT2D eigenvalue weighted by Crippen LogP contribution is -2.49. The Morgan fingerprint density at radius 3 is 2.72 bits per heavy atom. The lowest BCUT2D eigenvalue weighted by molar-refractivity contribution is 0.122. The van der Waals surface area contributed by atoms with Crippen molar-refractivity contribution in [3.63, 3.8) is 0 Å². The Morgan fingerprint density at radius 2 is 1.91 bits per heavy atom. The normalized spacial score (nSPS) is 25.8. The number of morpholine rings is 1. The van der Waals surface area contributed by atoms with E-state index in [2.05, 4.69) is 63.9 Å². The molecule has 0 radical (unpaired) electrons. The lowest BCUT2D eigenvalue weighted by atomic mass is 10.0. The van der Waals surface area contributed by atoms with E-state index in [1.807, 2.05) is 0 Å². The minimum atomic E-state index is 0.540. The lowest BCUT2D eigenvalue weighted by Gasteiger charge is -2.39. The first-order valence-corrected chi connectivity index (χ1v) is 11.9. The highest BCUT2D eigenvalue weighted by Gasteiger charge is 2.35. The number of allylic oxidation sites excluding steroid dienone is 3. The van der Waals surface area contributed by atoms with E-state index in [4.69, 9.17) is 14.7 Å². The molecule has 0 aliphatic carbocycles. The second-order valence-electron chi connectivity index (χ2n) is 9.34. The molecule has 0 bridgehead atoms. The Bertz CT molecular complexity index is 1030. The number of guanidine groups is 1. The molecular weight excluding hydrogens is 400 g/mol. The molecule has 5 aliphatic rings. The summed E-state index contributed by atoms with van der Waals surface area (Å²) in [5.74, 6) is 2.09. The zero-order chi connectivity index (χ0) is 21.7. The summed E-state index contributed by atoms with van der Waals surface area (Å²) in [5.41, 5.74) is 6.13. The number of aliphatic imine (C=N–C) groups is 2. The van der Waals surface area contributed by atoms with Crippen LogP contribution in [0.15, 0.2) is 51.6 Å². The number of benzene rings is 1. The van der Waals surface area contributed by atoms with Gasteiger partial charge in [0.15, 0.2) is 0 Å². The van der Waals surface area contributed by atoms with Crippen molar-refractivity contribution >= 4 is 23.2 Å². The van der Waals surface area contributed by atoms with Crippen LogP contribution in [-0.2, 0) is 4.74 Å². The van der Waals surface area contributed by atoms with E-state index in [0.29, 0.717) is 6.04 Å². The van der Waals surface area contributed by atoms with Crippen molar-refractivity contribution in [2.24, 2.45) is 9.98 Å². The van der Waals surface area contributed by atoms with Crippen molar-refractivity contribution in [3.8, 4) is 0 Å². The molecular formula is C25H32N6O. The third-order valence-corrected chi connectivity index (χ3v) is 7.40. The highest BCUT2D eigenvalue weighted by molar-refractivity contribution is 6.16. The maximum atomic E-state index is 5.54. The Hall–Kier alpha value is -2.64. The highest BCUT2D eigenvalue weighted by Crippen LogP contribution is 2.35. The molecule has 7 nitrogen and oxygen atoms in total. The smallest absolute Gasteiger partial charge is 0.212 e. The zero-order valence-electron chi connectivity index (χ0n) is 19.1. The average molecular weight is 433 g/mol. The first kappa shape index (κ1) is 20.0. The molecule has 0 spiro atoms. The summed E-state index contributed by atoms with van der Waals surface area (Å²) < 4.78 is 5.54. The molecule has 1 aromatic rings. The number of hydrogen-bond acceptors (Lipinski definition) is 7. The van der Waals surface area contributed by atoms with Crippen molar-refractivity contribution < 1.29 is 4.74 Å². The second kappa shape index (κ2) is 8.05. The third-order valence-electron chi connectivity index (χ3n) is 7.40. The van der Waals surface area contributed by atoms with Crippen LogP contribution in [0, 0.1) is 0 Å². The molecule has 2 saturated heterocycles. The van der Waals surface area contributed by atoms with Gasteiger partial charge in [-0.1, -0.05) is 6.08 Å². The van der Waals surface area contributed by atoms with E-state index >= 15 is 0 Å². The number of nitrogens with zero attached hydrogens (tertiary/aromatic N) is 6. The summed E-state index contributed by atoms with van der Waals surface area (Å²) in [4.78, 5) is 19.7. The summed E-state index contributed by atoms with van der Waals surface area (Å²) in [7, 11) is 2.25. The monoisotopic (exact) mass is 432 g/mol. The van der Waals surface area contributed by atoms with Crippen LogP contribution in [0.4, 0.5) is 11.4 Å². The molecule has 0 aromatic heterocycles. The maximum absolute atomic E-state index is 5.54. The Morgan fingerprint density at radius 1 is 1.03 bits per heavy atom. The number of likely N-dealkylation sites (tertiary alicyclic amines) is 1.